The number of guanidine groups is 1. The average Bonchev–Trinajstić information content (AvgIpc) is 2.26. The second-order valence-electron chi connectivity index (χ2n) is 3.47. The second-order valence-corrected chi connectivity index (χ2v) is 3.47. The molecule has 0 aromatic rings. The van der Waals surface area contributed by atoms with E-state index in [1.54, 1.807) is 6.20 Å². The molecule has 7 heteroatoms. The van der Waals surface area contributed by atoms with E-state index in [-0.39, 0.29) is 12.0 Å². The monoisotopic (exact) mass is 227 g/mol. The van der Waals surface area contributed by atoms with Crippen LogP contribution in [-0.4, -0.2) is 47.3 Å². The summed E-state index contributed by atoms with van der Waals surface area (Å²) in [6, 6.07) is -0.336. The second kappa shape index (κ2) is 6.09. The van der Waals surface area contributed by atoms with Crippen LogP contribution in [0.15, 0.2) is 22.4 Å². The number of aliphatic hydroxyl groups is 2. The SMILES string of the molecule is CC(O)C(O)C1CN/C=N/C(N)=N\C=C\N1. The highest BCUT2D eigenvalue weighted by Crippen LogP contribution is 1.99. The maximum atomic E-state index is 9.69. The first-order chi connectivity index (χ1) is 7.61. The molecule has 0 saturated heterocycles. The van der Waals surface area contributed by atoms with Gasteiger partial charge in [0.2, 0.25) is 5.96 Å². The van der Waals surface area contributed by atoms with Gasteiger partial charge in [0.1, 0.15) is 6.10 Å². The number of hydrogen-bond donors (Lipinski definition) is 5. The van der Waals surface area contributed by atoms with Gasteiger partial charge in [0, 0.05) is 18.9 Å². The third kappa shape index (κ3) is 3.87. The van der Waals surface area contributed by atoms with Crippen molar-refractivity contribution in [3.8, 4) is 0 Å². The molecule has 0 aromatic carbocycles. The highest BCUT2D eigenvalue weighted by molar-refractivity contribution is 5.86. The van der Waals surface area contributed by atoms with Crippen molar-refractivity contribution < 1.29 is 10.2 Å². The molecule has 1 aliphatic heterocycles. The first kappa shape index (κ1) is 12.5. The predicted molar refractivity (Wildman–Crippen MR) is 61.9 cm³/mol. The summed E-state index contributed by atoms with van der Waals surface area (Å²) in [5.41, 5.74) is 5.41. The van der Waals surface area contributed by atoms with E-state index in [9.17, 15) is 10.2 Å². The molecule has 0 spiro atoms. The van der Waals surface area contributed by atoms with E-state index in [0.717, 1.165) is 0 Å². The topological polar surface area (TPSA) is 115 Å². The number of aliphatic imine (C=N–C) groups is 2. The van der Waals surface area contributed by atoms with Crippen molar-refractivity contribution >= 4 is 12.3 Å². The molecule has 0 aromatic heterocycles. The summed E-state index contributed by atoms with van der Waals surface area (Å²) in [5, 5.41) is 24.7. The molecule has 1 heterocycles. The molecule has 1 aliphatic rings. The number of aliphatic hydroxyl groups excluding tert-OH is 2. The maximum Gasteiger partial charge on any atom is 0.221 e. The van der Waals surface area contributed by atoms with Crippen LogP contribution in [0.5, 0.6) is 0 Å². The van der Waals surface area contributed by atoms with E-state index in [0.29, 0.717) is 6.54 Å². The van der Waals surface area contributed by atoms with Crippen LogP contribution >= 0.6 is 0 Å². The van der Waals surface area contributed by atoms with Crippen molar-refractivity contribution in [2.75, 3.05) is 6.54 Å². The summed E-state index contributed by atoms with van der Waals surface area (Å²) in [5.74, 6) is 0.139. The Balaban J connectivity index is 2.66. The molecular formula is C9H17N5O2. The first-order valence-electron chi connectivity index (χ1n) is 4.97. The van der Waals surface area contributed by atoms with E-state index in [1.807, 2.05) is 0 Å². The van der Waals surface area contributed by atoms with Crippen LogP contribution < -0.4 is 16.4 Å². The maximum absolute atomic E-state index is 9.69. The van der Waals surface area contributed by atoms with Gasteiger partial charge in [0.05, 0.1) is 18.5 Å². The molecule has 16 heavy (non-hydrogen) atoms. The van der Waals surface area contributed by atoms with Gasteiger partial charge >= 0.3 is 0 Å². The number of hydrogen-bond acceptors (Lipinski definition) is 7. The van der Waals surface area contributed by atoms with Crippen molar-refractivity contribution in [3.63, 3.8) is 0 Å². The number of rotatable bonds is 2. The Kier molecular flexibility index (Phi) is 4.74. The Morgan fingerprint density at radius 3 is 3.00 bits per heavy atom. The van der Waals surface area contributed by atoms with Gasteiger partial charge in [0.15, 0.2) is 0 Å². The Hall–Kier alpha value is -1.60. The quantitative estimate of drug-likeness (QED) is 0.378. The largest absolute Gasteiger partial charge is 0.391 e. The van der Waals surface area contributed by atoms with Crippen LogP contribution in [0.1, 0.15) is 6.92 Å². The lowest BCUT2D eigenvalue weighted by molar-refractivity contribution is 0.0106. The molecule has 0 aliphatic carbocycles. The van der Waals surface area contributed by atoms with Gasteiger partial charge in [-0.3, -0.25) is 0 Å². The van der Waals surface area contributed by atoms with E-state index >= 15 is 0 Å². The summed E-state index contributed by atoms with van der Waals surface area (Å²) in [6.07, 6.45) is 2.69. The summed E-state index contributed by atoms with van der Waals surface area (Å²) in [7, 11) is 0. The lowest BCUT2D eigenvalue weighted by Gasteiger charge is -2.25. The van der Waals surface area contributed by atoms with Crippen molar-refractivity contribution in [2.24, 2.45) is 15.7 Å². The first-order valence-corrected chi connectivity index (χ1v) is 4.97. The van der Waals surface area contributed by atoms with E-state index in [1.165, 1.54) is 19.5 Å². The molecule has 3 unspecified atom stereocenters. The van der Waals surface area contributed by atoms with E-state index in [2.05, 4.69) is 20.6 Å². The van der Waals surface area contributed by atoms with Crippen LogP contribution in [0, 0.1) is 0 Å². The van der Waals surface area contributed by atoms with E-state index < -0.39 is 12.2 Å². The lowest BCUT2D eigenvalue weighted by Crippen LogP contribution is -2.49. The van der Waals surface area contributed by atoms with Gasteiger partial charge in [-0.1, -0.05) is 0 Å². The molecule has 0 bridgehead atoms. The summed E-state index contributed by atoms with van der Waals surface area (Å²) >= 11 is 0. The van der Waals surface area contributed by atoms with E-state index in [4.69, 9.17) is 5.73 Å². The molecule has 0 radical (unpaired) electrons. The molecule has 0 fully saturated rings. The molecule has 0 saturated carbocycles. The third-order valence-corrected chi connectivity index (χ3v) is 2.12. The zero-order valence-corrected chi connectivity index (χ0v) is 9.04. The lowest BCUT2D eigenvalue weighted by atomic mass is 10.1. The smallest absolute Gasteiger partial charge is 0.221 e. The van der Waals surface area contributed by atoms with Gasteiger partial charge in [-0.25, -0.2) is 9.98 Å². The van der Waals surface area contributed by atoms with Crippen LogP contribution in [0.2, 0.25) is 0 Å². The van der Waals surface area contributed by atoms with Crippen molar-refractivity contribution in [2.45, 2.75) is 25.2 Å². The standard InChI is InChI=1S/C9H17N5O2/c1-6(15)8(16)7-4-11-5-14-9(10)13-3-2-12-7/h2-3,5-8,12,15-16H,4H2,1H3,(H3,10,11,13,14)/b3-2+. The molecule has 0 amide bonds. The van der Waals surface area contributed by atoms with Crippen molar-refractivity contribution in [1.82, 2.24) is 10.6 Å². The number of nitrogens with two attached hydrogens (primary N) is 1. The number of nitrogens with zero attached hydrogens (tertiary/aromatic N) is 2. The van der Waals surface area contributed by atoms with Gasteiger partial charge < -0.3 is 26.6 Å². The zero-order valence-electron chi connectivity index (χ0n) is 9.04. The Labute approximate surface area is 93.8 Å². The van der Waals surface area contributed by atoms with Crippen molar-refractivity contribution in [3.05, 3.63) is 12.4 Å². The Morgan fingerprint density at radius 1 is 1.56 bits per heavy atom. The third-order valence-electron chi connectivity index (χ3n) is 2.12. The van der Waals surface area contributed by atoms with Gasteiger partial charge in [-0.05, 0) is 6.92 Å². The Morgan fingerprint density at radius 2 is 2.31 bits per heavy atom. The molecular weight excluding hydrogens is 210 g/mol. The van der Waals surface area contributed by atoms with Crippen LogP contribution in [-0.2, 0) is 0 Å². The highest BCUT2D eigenvalue weighted by atomic mass is 16.3. The molecule has 3 atom stereocenters. The fourth-order valence-electron chi connectivity index (χ4n) is 1.22. The predicted octanol–water partition coefficient (Wildman–Crippen LogP) is -1.90. The van der Waals surface area contributed by atoms with Gasteiger partial charge in [-0.15, -0.1) is 0 Å². The summed E-state index contributed by atoms with van der Waals surface area (Å²) in [6.45, 7) is 1.94. The highest BCUT2D eigenvalue weighted by Gasteiger charge is 2.21. The fraction of sp³-hybridized carbons (Fsp3) is 0.556. The molecule has 7 nitrogen and oxygen atoms in total. The zero-order chi connectivity index (χ0) is 12.0. The summed E-state index contributed by atoms with van der Waals surface area (Å²) < 4.78 is 0. The summed E-state index contributed by atoms with van der Waals surface area (Å²) in [4.78, 5) is 7.59. The Bertz CT molecular complexity index is 300. The molecule has 6 N–H and O–H groups in total. The van der Waals surface area contributed by atoms with Gasteiger partial charge in [0.25, 0.3) is 0 Å². The minimum atomic E-state index is -0.883. The van der Waals surface area contributed by atoms with Crippen LogP contribution in [0.4, 0.5) is 0 Å². The fourth-order valence-corrected chi connectivity index (χ4v) is 1.22. The van der Waals surface area contributed by atoms with Crippen LogP contribution in [0.25, 0.3) is 0 Å². The van der Waals surface area contributed by atoms with Gasteiger partial charge in [-0.2, -0.15) is 0 Å². The average molecular weight is 227 g/mol. The molecule has 90 valence electrons. The minimum absolute atomic E-state index is 0.139. The van der Waals surface area contributed by atoms with Crippen molar-refractivity contribution in [1.29, 1.82) is 0 Å². The minimum Gasteiger partial charge on any atom is -0.391 e. The number of nitrogens with one attached hydrogen (secondary N) is 2. The normalized spacial score (nSPS) is 32.2. The molecule has 1 rings (SSSR count). The van der Waals surface area contributed by atoms with Crippen LogP contribution in [0.3, 0.4) is 0 Å².